The molecule has 0 spiro atoms. The number of nitrogens with two attached hydrogens (primary N) is 1. The van der Waals surface area contributed by atoms with Crippen molar-refractivity contribution < 1.29 is 17.9 Å². The van der Waals surface area contributed by atoms with Gasteiger partial charge in [0, 0.05) is 12.5 Å². The number of carbonyl (C=O) groups excluding carboxylic acids is 1. The first-order valence-corrected chi connectivity index (χ1v) is 7.75. The minimum Gasteiger partial charge on any atom is -0.379 e. The van der Waals surface area contributed by atoms with Crippen LogP contribution < -0.4 is 5.73 Å². The molecule has 1 aliphatic heterocycles. The Balaban J connectivity index is 2.68. The third kappa shape index (κ3) is 2.92. The summed E-state index contributed by atoms with van der Waals surface area (Å²) in [4.78, 5) is 12.1. The first kappa shape index (κ1) is 15.6. The lowest BCUT2D eigenvalue weighted by molar-refractivity contribution is -0.128. The minimum absolute atomic E-state index is 0.00711. The lowest BCUT2D eigenvalue weighted by Crippen LogP contribution is -2.45. The van der Waals surface area contributed by atoms with Gasteiger partial charge < -0.3 is 10.5 Å². The molecule has 2 atom stereocenters. The Morgan fingerprint density at radius 1 is 1.44 bits per heavy atom. The van der Waals surface area contributed by atoms with Gasteiger partial charge in [-0.2, -0.15) is 0 Å². The van der Waals surface area contributed by atoms with Crippen LogP contribution in [-0.2, 0) is 19.4 Å². The van der Waals surface area contributed by atoms with Gasteiger partial charge in [-0.15, -0.1) is 0 Å². The summed E-state index contributed by atoms with van der Waals surface area (Å²) in [7, 11) is -3.27. The van der Waals surface area contributed by atoms with Gasteiger partial charge in [0.2, 0.25) is 0 Å². The summed E-state index contributed by atoms with van der Waals surface area (Å²) in [5, 5.41) is 0. The predicted molar refractivity (Wildman–Crippen MR) is 70.1 cm³/mol. The van der Waals surface area contributed by atoms with Gasteiger partial charge in [0.25, 0.3) is 0 Å². The van der Waals surface area contributed by atoms with Crippen LogP contribution in [0.2, 0.25) is 0 Å². The van der Waals surface area contributed by atoms with Crippen LogP contribution in [0.1, 0.15) is 34.1 Å². The summed E-state index contributed by atoms with van der Waals surface area (Å²) in [6, 6.07) is -0.345. The van der Waals surface area contributed by atoms with Crippen molar-refractivity contribution in [2.75, 3.05) is 19.0 Å². The zero-order valence-electron chi connectivity index (χ0n) is 11.5. The van der Waals surface area contributed by atoms with Crippen LogP contribution in [0.15, 0.2) is 0 Å². The maximum absolute atomic E-state index is 12.1. The van der Waals surface area contributed by atoms with Crippen LogP contribution >= 0.6 is 0 Å². The molecule has 0 bridgehead atoms. The number of hydrogen-bond acceptors (Lipinski definition) is 5. The number of Topliss-reactive ketones (excluding diaryl/α,β-unsaturated/α-hetero) is 1. The largest absolute Gasteiger partial charge is 0.379 e. The molecule has 0 amide bonds. The molecule has 0 radical (unpaired) electrons. The van der Waals surface area contributed by atoms with Crippen LogP contribution in [0.5, 0.6) is 0 Å². The van der Waals surface area contributed by atoms with Gasteiger partial charge in [-0.25, -0.2) is 8.42 Å². The van der Waals surface area contributed by atoms with Crippen molar-refractivity contribution in [1.82, 2.24) is 0 Å². The van der Waals surface area contributed by atoms with E-state index < -0.39 is 20.0 Å². The highest BCUT2D eigenvalue weighted by Gasteiger charge is 2.44. The molecular weight excluding hydrogens is 254 g/mol. The quantitative estimate of drug-likeness (QED) is 0.809. The van der Waals surface area contributed by atoms with Crippen molar-refractivity contribution >= 4 is 15.6 Å². The fourth-order valence-corrected chi connectivity index (χ4v) is 2.86. The number of ketones is 1. The second-order valence-electron chi connectivity index (χ2n) is 6.14. The van der Waals surface area contributed by atoms with Gasteiger partial charge in [0.05, 0.1) is 29.1 Å². The average Bonchev–Trinajstić information content (AvgIpc) is 2.55. The van der Waals surface area contributed by atoms with Crippen molar-refractivity contribution in [2.45, 2.75) is 44.9 Å². The highest BCUT2D eigenvalue weighted by Crippen LogP contribution is 2.30. The molecule has 2 unspecified atom stereocenters. The molecular formula is C12H23NO4S. The van der Waals surface area contributed by atoms with Gasteiger partial charge in [-0.1, -0.05) is 0 Å². The van der Waals surface area contributed by atoms with E-state index >= 15 is 0 Å². The lowest BCUT2D eigenvalue weighted by atomic mass is 9.80. The van der Waals surface area contributed by atoms with Crippen LogP contribution in [0.3, 0.4) is 0 Å². The minimum atomic E-state index is -3.27. The monoisotopic (exact) mass is 277 g/mol. The van der Waals surface area contributed by atoms with Crippen molar-refractivity contribution in [3.05, 3.63) is 0 Å². The summed E-state index contributed by atoms with van der Waals surface area (Å²) < 4.78 is 28.3. The number of sulfone groups is 1. The summed E-state index contributed by atoms with van der Waals surface area (Å²) in [5.41, 5.74) is 5.10. The van der Waals surface area contributed by atoms with E-state index in [1.165, 1.54) is 0 Å². The van der Waals surface area contributed by atoms with E-state index in [-0.39, 0.29) is 30.6 Å². The second-order valence-corrected chi connectivity index (χ2v) is 9.01. The van der Waals surface area contributed by atoms with E-state index in [0.717, 1.165) is 0 Å². The summed E-state index contributed by atoms with van der Waals surface area (Å²) in [6.45, 7) is 7.30. The molecule has 1 saturated heterocycles. The highest BCUT2D eigenvalue weighted by atomic mass is 32.2. The number of carbonyl (C=O) groups is 1. The van der Waals surface area contributed by atoms with Crippen molar-refractivity contribution in [3.8, 4) is 0 Å². The van der Waals surface area contributed by atoms with Crippen LogP contribution in [0.25, 0.3) is 0 Å². The first-order valence-electron chi connectivity index (χ1n) is 6.09. The van der Waals surface area contributed by atoms with Crippen molar-refractivity contribution in [1.29, 1.82) is 0 Å². The zero-order chi connectivity index (χ0) is 14.2. The molecule has 1 fully saturated rings. The normalized spacial score (nSPS) is 29.5. The molecule has 18 heavy (non-hydrogen) atoms. The highest BCUT2D eigenvalue weighted by molar-refractivity contribution is 7.92. The number of ether oxygens (including phenoxy) is 1. The van der Waals surface area contributed by atoms with Gasteiger partial charge in [0.1, 0.15) is 5.78 Å². The molecule has 0 aromatic carbocycles. The summed E-state index contributed by atoms with van der Waals surface area (Å²) in [5.74, 6) is -0.252. The maximum Gasteiger partial charge on any atom is 0.155 e. The van der Waals surface area contributed by atoms with Gasteiger partial charge in [-0.3, -0.25) is 4.79 Å². The van der Waals surface area contributed by atoms with E-state index in [4.69, 9.17) is 10.5 Å². The van der Waals surface area contributed by atoms with E-state index in [9.17, 15) is 13.2 Å². The summed E-state index contributed by atoms with van der Waals surface area (Å²) >= 11 is 0. The molecule has 1 aliphatic rings. The topological polar surface area (TPSA) is 86.5 Å². The van der Waals surface area contributed by atoms with Gasteiger partial charge in [-0.05, 0) is 27.7 Å². The molecule has 0 aromatic rings. The number of hydrogen-bond donors (Lipinski definition) is 1. The zero-order valence-corrected chi connectivity index (χ0v) is 12.3. The van der Waals surface area contributed by atoms with E-state index in [0.29, 0.717) is 6.61 Å². The van der Waals surface area contributed by atoms with Crippen LogP contribution in [0.4, 0.5) is 0 Å². The third-order valence-corrected chi connectivity index (χ3v) is 6.29. The average molecular weight is 277 g/mol. The van der Waals surface area contributed by atoms with Gasteiger partial charge >= 0.3 is 0 Å². The van der Waals surface area contributed by atoms with E-state index in [2.05, 4.69) is 0 Å². The number of rotatable bonds is 4. The van der Waals surface area contributed by atoms with Crippen LogP contribution in [0, 0.1) is 5.41 Å². The van der Waals surface area contributed by atoms with Crippen molar-refractivity contribution in [2.24, 2.45) is 11.1 Å². The molecule has 2 N–H and O–H groups in total. The molecule has 0 aromatic heterocycles. The SMILES string of the molecule is CC1(C(=O)CCS(=O)(=O)C(C)(C)C)COCC1N. The first-order chi connectivity index (χ1) is 8.01. The molecule has 5 nitrogen and oxygen atoms in total. The Morgan fingerprint density at radius 2 is 2.00 bits per heavy atom. The lowest BCUT2D eigenvalue weighted by Gasteiger charge is -2.26. The van der Waals surface area contributed by atoms with E-state index in [1.54, 1.807) is 27.7 Å². The van der Waals surface area contributed by atoms with Crippen molar-refractivity contribution in [3.63, 3.8) is 0 Å². The standard InChI is InChI=1S/C12H23NO4S/c1-11(2,3)18(15,16)6-5-10(14)12(4)8-17-7-9(12)13/h9H,5-8,13H2,1-4H3. The Morgan fingerprint density at radius 3 is 2.39 bits per heavy atom. The van der Waals surface area contributed by atoms with Gasteiger partial charge in [0.15, 0.2) is 9.84 Å². The fourth-order valence-electron chi connectivity index (χ4n) is 1.79. The molecule has 1 rings (SSSR count). The molecule has 6 heteroatoms. The van der Waals surface area contributed by atoms with E-state index in [1.807, 2.05) is 0 Å². The maximum atomic E-state index is 12.1. The van der Waals surface area contributed by atoms with Crippen LogP contribution in [-0.4, -0.2) is 44.0 Å². The Labute approximate surface area is 109 Å². The third-order valence-electron chi connectivity index (χ3n) is 3.69. The molecule has 0 aliphatic carbocycles. The summed E-state index contributed by atoms with van der Waals surface area (Å²) in [6.07, 6.45) is 0.00711. The second kappa shape index (κ2) is 4.90. The molecule has 1 heterocycles. The fraction of sp³-hybridized carbons (Fsp3) is 0.917. The smallest absolute Gasteiger partial charge is 0.155 e. The Kier molecular flexibility index (Phi) is 4.25. The Bertz CT molecular complexity index is 424. The predicted octanol–water partition coefficient (Wildman–Crippen LogP) is 0.523. The molecule has 106 valence electrons. The Hall–Kier alpha value is -0.460. The molecule has 0 saturated carbocycles.